The molecule has 104 valence electrons. The van der Waals surface area contributed by atoms with Crippen molar-refractivity contribution in [3.8, 4) is 11.5 Å². The quantitative estimate of drug-likeness (QED) is 0.922. The second-order valence-corrected chi connectivity index (χ2v) is 4.26. The number of hydrogen-bond acceptors (Lipinski definition) is 3. The topological polar surface area (TPSA) is 55.8 Å². The fraction of sp³-hybridized carbons (Fsp3) is 0.417. The van der Waals surface area contributed by atoms with Crippen LogP contribution in [0.4, 0.5) is 13.2 Å². The zero-order valence-electron chi connectivity index (χ0n) is 9.90. The van der Waals surface area contributed by atoms with Crippen LogP contribution in [0.25, 0.3) is 0 Å². The number of halogens is 3. The third-order valence-electron chi connectivity index (χ3n) is 3.04. The number of fused-ring (bicyclic) bond motifs is 1. The zero-order valence-corrected chi connectivity index (χ0v) is 9.90. The van der Waals surface area contributed by atoms with Crippen LogP contribution in [0.5, 0.6) is 11.5 Å². The number of hydrogen-bond donors (Lipinski definition) is 1. The van der Waals surface area contributed by atoms with Crippen molar-refractivity contribution >= 4 is 5.97 Å². The smallest absolute Gasteiger partial charge is 0.392 e. The summed E-state index contributed by atoms with van der Waals surface area (Å²) in [6, 6.07) is 4.01. The lowest BCUT2D eigenvalue weighted by Gasteiger charge is -2.23. The second-order valence-electron chi connectivity index (χ2n) is 4.26. The van der Waals surface area contributed by atoms with E-state index < -0.39 is 24.0 Å². The van der Waals surface area contributed by atoms with E-state index >= 15 is 0 Å². The molecule has 0 bridgehead atoms. The average Bonchev–Trinajstić information content (AvgIpc) is 2.74. The van der Waals surface area contributed by atoms with Gasteiger partial charge in [-0.15, -0.1) is 0 Å². The molecule has 0 amide bonds. The van der Waals surface area contributed by atoms with E-state index in [4.69, 9.17) is 14.6 Å². The number of carboxylic acid groups (broad SMARTS) is 1. The summed E-state index contributed by atoms with van der Waals surface area (Å²) < 4.78 is 48.2. The number of benzene rings is 1. The van der Waals surface area contributed by atoms with Gasteiger partial charge in [-0.3, -0.25) is 4.79 Å². The van der Waals surface area contributed by atoms with E-state index in [1.54, 1.807) is 0 Å². The molecule has 0 saturated carbocycles. The monoisotopic (exact) mass is 276 g/mol. The van der Waals surface area contributed by atoms with Crippen molar-refractivity contribution < 1.29 is 32.5 Å². The summed E-state index contributed by atoms with van der Waals surface area (Å²) in [5.74, 6) is -4.53. The molecule has 19 heavy (non-hydrogen) atoms. The van der Waals surface area contributed by atoms with Crippen LogP contribution in [0.2, 0.25) is 0 Å². The van der Waals surface area contributed by atoms with Crippen LogP contribution in [0.15, 0.2) is 18.2 Å². The molecular weight excluding hydrogens is 265 g/mol. The molecule has 4 nitrogen and oxygen atoms in total. The standard InChI is InChI=1S/C12H11F3O4/c1-6(12(13,14)15)10(11(16)17)7-2-3-8-9(4-7)19-5-18-8/h2-4,6,10H,5H2,1H3,(H,16,17)/t6-,10-/m1/s1. The molecule has 1 N–H and O–H groups in total. The first-order valence-corrected chi connectivity index (χ1v) is 5.50. The molecule has 1 aliphatic heterocycles. The normalized spacial score (nSPS) is 17.1. The fourth-order valence-corrected chi connectivity index (χ4v) is 1.94. The molecule has 0 fully saturated rings. The Morgan fingerprint density at radius 1 is 1.32 bits per heavy atom. The van der Waals surface area contributed by atoms with E-state index in [9.17, 15) is 18.0 Å². The highest BCUT2D eigenvalue weighted by Crippen LogP contribution is 2.41. The van der Waals surface area contributed by atoms with Crippen molar-refractivity contribution in [2.24, 2.45) is 5.92 Å². The molecule has 1 heterocycles. The van der Waals surface area contributed by atoms with Gasteiger partial charge in [-0.25, -0.2) is 0 Å². The molecule has 0 unspecified atom stereocenters. The Hall–Kier alpha value is -1.92. The molecule has 0 spiro atoms. The summed E-state index contributed by atoms with van der Waals surface area (Å²) in [6.45, 7) is 0.828. The molecule has 1 aliphatic rings. The second kappa shape index (κ2) is 4.64. The van der Waals surface area contributed by atoms with Gasteiger partial charge in [-0.1, -0.05) is 13.0 Å². The van der Waals surface area contributed by atoms with Gasteiger partial charge < -0.3 is 14.6 Å². The van der Waals surface area contributed by atoms with Gasteiger partial charge in [0.2, 0.25) is 6.79 Å². The predicted octanol–water partition coefficient (Wildman–Crippen LogP) is 2.78. The molecule has 0 radical (unpaired) electrons. The van der Waals surface area contributed by atoms with Crippen molar-refractivity contribution in [1.82, 2.24) is 0 Å². The molecule has 2 rings (SSSR count). The molecular formula is C12H11F3O4. The van der Waals surface area contributed by atoms with Crippen molar-refractivity contribution in [3.05, 3.63) is 23.8 Å². The number of carboxylic acids is 1. The lowest BCUT2D eigenvalue weighted by molar-refractivity contribution is -0.183. The first-order valence-electron chi connectivity index (χ1n) is 5.50. The maximum atomic E-state index is 12.7. The maximum absolute atomic E-state index is 12.7. The van der Waals surface area contributed by atoms with Crippen LogP contribution in [-0.2, 0) is 4.79 Å². The minimum absolute atomic E-state index is 0.0225. The SMILES string of the molecule is C[C@H]([C@@H](C(=O)O)c1ccc2c(c1)OCO2)C(F)(F)F. The van der Waals surface area contributed by atoms with Crippen molar-refractivity contribution in [2.45, 2.75) is 19.0 Å². The molecule has 1 aromatic rings. The van der Waals surface area contributed by atoms with Gasteiger partial charge in [-0.05, 0) is 17.7 Å². The summed E-state index contributed by atoms with van der Waals surface area (Å²) in [4.78, 5) is 11.1. The Bertz CT molecular complexity index is 498. The lowest BCUT2D eigenvalue weighted by atomic mass is 9.86. The van der Waals surface area contributed by atoms with Gasteiger partial charge >= 0.3 is 12.1 Å². The third kappa shape index (κ3) is 2.59. The number of ether oxygens (including phenoxy) is 2. The largest absolute Gasteiger partial charge is 0.481 e. The van der Waals surface area contributed by atoms with Gasteiger partial charge in [0.05, 0.1) is 11.8 Å². The Morgan fingerprint density at radius 3 is 2.53 bits per heavy atom. The molecule has 0 aliphatic carbocycles. The van der Waals surface area contributed by atoms with Gasteiger partial charge in [-0.2, -0.15) is 13.2 Å². The highest BCUT2D eigenvalue weighted by molar-refractivity contribution is 5.77. The van der Waals surface area contributed by atoms with E-state index in [0.717, 1.165) is 6.92 Å². The Labute approximate surface area is 106 Å². The average molecular weight is 276 g/mol. The van der Waals surface area contributed by atoms with E-state index in [0.29, 0.717) is 5.75 Å². The first-order chi connectivity index (χ1) is 8.80. The molecule has 2 atom stereocenters. The van der Waals surface area contributed by atoms with Gasteiger partial charge in [0.15, 0.2) is 11.5 Å². The predicted molar refractivity (Wildman–Crippen MR) is 58.2 cm³/mol. The molecule has 1 aromatic carbocycles. The van der Waals surface area contributed by atoms with Crippen molar-refractivity contribution in [2.75, 3.05) is 6.79 Å². The number of rotatable bonds is 3. The first kappa shape index (κ1) is 13.5. The van der Waals surface area contributed by atoms with Crippen LogP contribution >= 0.6 is 0 Å². The third-order valence-corrected chi connectivity index (χ3v) is 3.04. The highest BCUT2D eigenvalue weighted by Gasteiger charge is 2.45. The maximum Gasteiger partial charge on any atom is 0.392 e. The summed E-state index contributed by atoms with van der Waals surface area (Å²) in [5, 5.41) is 9.04. The van der Waals surface area contributed by atoms with E-state index in [2.05, 4.69) is 0 Å². The molecule has 0 saturated heterocycles. The van der Waals surface area contributed by atoms with Crippen molar-refractivity contribution in [1.29, 1.82) is 0 Å². The zero-order chi connectivity index (χ0) is 14.2. The Balaban J connectivity index is 2.37. The number of alkyl halides is 3. The van der Waals surface area contributed by atoms with Crippen LogP contribution < -0.4 is 9.47 Å². The van der Waals surface area contributed by atoms with Crippen LogP contribution in [-0.4, -0.2) is 24.0 Å². The van der Waals surface area contributed by atoms with E-state index in [1.165, 1.54) is 18.2 Å². The summed E-state index contributed by atoms with van der Waals surface area (Å²) in [7, 11) is 0. The minimum atomic E-state index is -4.58. The van der Waals surface area contributed by atoms with Crippen molar-refractivity contribution in [3.63, 3.8) is 0 Å². The number of aliphatic carboxylic acids is 1. The van der Waals surface area contributed by atoms with Crippen LogP contribution in [0.1, 0.15) is 18.4 Å². The molecule has 0 aromatic heterocycles. The fourth-order valence-electron chi connectivity index (χ4n) is 1.94. The van der Waals surface area contributed by atoms with Gasteiger partial charge in [0.1, 0.15) is 0 Å². The summed E-state index contributed by atoms with van der Waals surface area (Å²) in [5.41, 5.74) is 0.0431. The lowest BCUT2D eigenvalue weighted by Crippen LogP contribution is -2.31. The minimum Gasteiger partial charge on any atom is -0.481 e. The number of carbonyl (C=O) groups is 1. The van der Waals surface area contributed by atoms with E-state index in [1.807, 2.05) is 0 Å². The molecule has 7 heteroatoms. The van der Waals surface area contributed by atoms with Crippen LogP contribution in [0, 0.1) is 5.92 Å². The van der Waals surface area contributed by atoms with Gasteiger partial charge in [0, 0.05) is 0 Å². The van der Waals surface area contributed by atoms with Gasteiger partial charge in [0.25, 0.3) is 0 Å². The van der Waals surface area contributed by atoms with Crippen LogP contribution in [0.3, 0.4) is 0 Å². The Kier molecular flexibility index (Phi) is 3.30. The highest BCUT2D eigenvalue weighted by atomic mass is 19.4. The Morgan fingerprint density at radius 2 is 1.95 bits per heavy atom. The summed E-state index contributed by atoms with van der Waals surface area (Å²) in [6.07, 6.45) is -4.58. The summed E-state index contributed by atoms with van der Waals surface area (Å²) >= 11 is 0. The van der Waals surface area contributed by atoms with E-state index in [-0.39, 0.29) is 18.1 Å².